The number of methoxy groups -OCH3 is 1. The largest absolute Gasteiger partial charge is 0.495 e. The maximum atomic E-state index is 14.6. The summed E-state index contributed by atoms with van der Waals surface area (Å²) in [5.74, 6) is -1.09. The third-order valence-corrected chi connectivity index (χ3v) is 4.96. The fraction of sp³-hybridized carbons (Fsp3) is 0.150. The first-order valence-electron chi connectivity index (χ1n) is 8.44. The molecule has 3 aromatic rings. The minimum atomic E-state index is -0.788. The summed E-state index contributed by atoms with van der Waals surface area (Å²) in [6, 6.07) is 11.5. The quantitative estimate of drug-likeness (QED) is 0.315. The number of thioether (sulfide) groups is 1. The molecule has 29 heavy (non-hydrogen) atoms. The summed E-state index contributed by atoms with van der Waals surface area (Å²) in [5.41, 5.74) is 0.833. The second-order valence-corrected chi connectivity index (χ2v) is 6.97. The van der Waals surface area contributed by atoms with Crippen LogP contribution in [0.1, 0.15) is 15.9 Å². The Morgan fingerprint density at radius 2 is 2.03 bits per heavy atom. The monoisotopic (exact) mass is 433 g/mol. The zero-order chi connectivity index (χ0) is 20.8. The zero-order valence-electron chi connectivity index (χ0n) is 15.6. The van der Waals surface area contributed by atoms with E-state index in [4.69, 9.17) is 21.1 Å². The molecule has 0 saturated carbocycles. The summed E-state index contributed by atoms with van der Waals surface area (Å²) in [4.78, 5) is 20.6. The lowest BCUT2D eigenvalue weighted by Gasteiger charge is -2.13. The topological polar surface area (TPSA) is 73.3 Å². The molecule has 6 nitrogen and oxygen atoms in total. The number of nitrogens with zero attached hydrogens (tertiary/aromatic N) is 2. The van der Waals surface area contributed by atoms with E-state index in [0.717, 1.165) is 11.6 Å². The first kappa shape index (κ1) is 20.9. The van der Waals surface area contributed by atoms with Crippen LogP contribution in [0.25, 0.3) is 0 Å². The van der Waals surface area contributed by atoms with Gasteiger partial charge in [-0.2, -0.15) is 0 Å². The maximum absolute atomic E-state index is 14.6. The number of benzene rings is 2. The number of halogens is 2. The normalized spacial score (nSPS) is 10.5. The number of carbonyl (C=O) groups is 1. The molecule has 0 unspecified atom stereocenters. The predicted octanol–water partition coefficient (Wildman–Crippen LogP) is 5.10. The van der Waals surface area contributed by atoms with Gasteiger partial charge in [-0.1, -0.05) is 41.9 Å². The van der Waals surface area contributed by atoms with Gasteiger partial charge in [-0.25, -0.2) is 19.2 Å². The van der Waals surface area contributed by atoms with Crippen molar-refractivity contribution >= 4 is 41.0 Å². The summed E-state index contributed by atoms with van der Waals surface area (Å²) in [6.45, 7) is 0.0392. The van der Waals surface area contributed by atoms with E-state index in [1.165, 1.54) is 31.1 Å². The van der Waals surface area contributed by atoms with Crippen molar-refractivity contribution in [2.45, 2.75) is 11.6 Å². The van der Waals surface area contributed by atoms with E-state index in [9.17, 15) is 9.18 Å². The highest BCUT2D eigenvalue weighted by molar-refractivity contribution is 7.98. The number of anilines is 2. The number of rotatable bonds is 7. The van der Waals surface area contributed by atoms with Crippen molar-refractivity contribution in [1.82, 2.24) is 9.97 Å². The molecule has 0 fully saturated rings. The highest BCUT2D eigenvalue weighted by Gasteiger charge is 2.19. The average molecular weight is 434 g/mol. The average Bonchev–Trinajstić information content (AvgIpc) is 2.74. The van der Waals surface area contributed by atoms with Gasteiger partial charge in [-0.05, 0) is 17.9 Å². The van der Waals surface area contributed by atoms with Crippen LogP contribution >= 0.6 is 23.4 Å². The minimum Gasteiger partial charge on any atom is -0.495 e. The molecule has 0 spiro atoms. The molecule has 9 heteroatoms. The van der Waals surface area contributed by atoms with Crippen LogP contribution in [0, 0.1) is 5.82 Å². The smallest absolute Gasteiger partial charge is 0.341 e. The van der Waals surface area contributed by atoms with E-state index in [1.807, 2.05) is 36.6 Å². The number of hydrogen-bond acceptors (Lipinski definition) is 7. The molecule has 0 bridgehead atoms. The standard InChI is InChI=1S/C20H17ClFN3O3S/c1-27-17-8-13(19(26)28-11-12-6-4-3-5-7-12)15(22)9-16(17)24-20-23-10-14(21)18(25-20)29-2/h3-10H,11H2,1-2H3,(H,23,24,25). The van der Waals surface area contributed by atoms with E-state index in [0.29, 0.717) is 10.0 Å². The van der Waals surface area contributed by atoms with E-state index in [-0.39, 0.29) is 29.6 Å². The highest BCUT2D eigenvalue weighted by atomic mass is 35.5. The summed E-state index contributed by atoms with van der Waals surface area (Å²) in [6.07, 6.45) is 3.27. The number of aromatic nitrogens is 2. The molecule has 150 valence electrons. The second-order valence-electron chi connectivity index (χ2n) is 5.77. The molecule has 0 aliphatic heterocycles. The van der Waals surface area contributed by atoms with Gasteiger partial charge >= 0.3 is 5.97 Å². The molecular weight excluding hydrogens is 417 g/mol. The Labute approximate surface area is 176 Å². The number of nitrogens with one attached hydrogen (secondary N) is 1. The Hall–Kier alpha value is -2.84. The number of esters is 1. The van der Waals surface area contributed by atoms with Crippen molar-refractivity contribution in [2.24, 2.45) is 0 Å². The molecule has 1 N–H and O–H groups in total. The van der Waals surface area contributed by atoms with Gasteiger partial charge in [0, 0.05) is 6.07 Å². The van der Waals surface area contributed by atoms with E-state index in [2.05, 4.69) is 15.3 Å². The van der Waals surface area contributed by atoms with Gasteiger partial charge in [0.2, 0.25) is 5.95 Å². The summed E-state index contributed by atoms with van der Waals surface area (Å²) in [5, 5.41) is 3.87. The molecule has 0 radical (unpaired) electrons. The van der Waals surface area contributed by atoms with Crippen LogP contribution < -0.4 is 10.1 Å². The van der Waals surface area contributed by atoms with Crippen molar-refractivity contribution in [3.05, 3.63) is 70.6 Å². The van der Waals surface area contributed by atoms with E-state index < -0.39 is 11.8 Å². The lowest BCUT2D eigenvalue weighted by atomic mass is 10.1. The predicted molar refractivity (Wildman–Crippen MR) is 111 cm³/mol. The molecule has 2 aromatic carbocycles. The molecule has 0 aliphatic rings. The first-order chi connectivity index (χ1) is 14.0. The van der Waals surface area contributed by atoms with Crippen LogP contribution in [-0.4, -0.2) is 29.3 Å². The molecule has 0 aliphatic carbocycles. The lowest BCUT2D eigenvalue weighted by Crippen LogP contribution is -2.09. The number of carbonyl (C=O) groups excluding carboxylic acids is 1. The Balaban J connectivity index is 1.80. The third kappa shape index (κ3) is 5.16. The number of ether oxygens (including phenoxy) is 2. The van der Waals surface area contributed by atoms with E-state index >= 15 is 0 Å². The molecule has 1 heterocycles. The van der Waals surface area contributed by atoms with Crippen molar-refractivity contribution in [1.29, 1.82) is 0 Å². The summed E-state index contributed by atoms with van der Waals surface area (Å²) in [7, 11) is 1.41. The third-order valence-electron chi connectivity index (χ3n) is 3.87. The Bertz CT molecular complexity index is 1020. The van der Waals surface area contributed by atoms with Crippen LogP contribution in [0.5, 0.6) is 5.75 Å². The van der Waals surface area contributed by atoms with Gasteiger partial charge in [-0.15, -0.1) is 11.8 Å². The van der Waals surface area contributed by atoms with Crippen LogP contribution in [0.3, 0.4) is 0 Å². The molecule has 0 atom stereocenters. The van der Waals surface area contributed by atoms with Crippen LogP contribution in [0.2, 0.25) is 5.02 Å². The first-order valence-corrected chi connectivity index (χ1v) is 10.0. The Kier molecular flexibility index (Phi) is 6.90. The van der Waals surface area contributed by atoms with Crippen molar-refractivity contribution < 1.29 is 18.7 Å². The van der Waals surface area contributed by atoms with Crippen molar-refractivity contribution in [3.8, 4) is 5.75 Å². The van der Waals surface area contributed by atoms with Gasteiger partial charge < -0.3 is 14.8 Å². The second kappa shape index (κ2) is 9.58. The van der Waals surface area contributed by atoms with Gasteiger partial charge in [0.1, 0.15) is 23.2 Å². The fourth-order valence-corrected chi connectivity index (χ4v) is 3.20. The van der Waals surface area contributed by atoms with Gasteiger partial charge in [0.25, 0.3) is 0 Å². The van der Waals surface area contributed by atoms with Crippen LogP contribution in [-0.2, 0) is 11.3 Å². The van der Waals surface area contributed by atoms with Crippen LogP contribution in [0.4, 0.5) is 16.0 Å². The van der Waals surface area contributed by atoms with Gasteiger partial charge in [-0.3, -0.25) is 0 Å². The fourth-order valence-electron chi connectivity index (χ4n) is 2.45. The van der Waals surface area contributed by atoms with Gasteiger partial charge in [0.15, 0.2) is 0 Å². The Morgan fingerprint density at radius 1 is 1.28 bits per heavy atom. The minimum absolute atomic E-state index is 0.0392. The maximum Gasteiger partial charge on any atom is 0.341 e. The lowest BCUT2D eigenvalue weighted by molar-refractivity contribution is 0.0467. The van der Waals surface area contributed by atoms with Crippen LogP contribution in [0.15, 0.2) is 53.7 Å². The summed E-state index contributed by atoms with van der Waals surface area (Å²) >= 11 is 7.36. The molecule has 0 amide bonds. The van der Waals surface area contributed by atoms with Crippen molar-refractivity contribution in [3.63, 3.8) is 0 Å². The molecule has 0 saturated heterocycles. The zero-order valence-corrected chi connectivity index (χ0v) is 17.2. The SMILES string of the molecule is COc1cc(C(=O)OCc2ccccc2)c(F)cc1Nc1ncc(Cl)c(SC)n1. The number of hydrogen-bond donors (Lipinski definition) is 1. The molecular formula is C20H17ClFN3O3S. The molecule has 1 aromatic heterocycles. The summed E-state index contributed by atoms with van der Waals surface area (Å²) < 4.78 is 25.1. The highest BCUT2D eigenvalue weighted by Crippen LogP contribution is 2.31. The van der Waals surface area contributed by atoms with Crippen molar-refractivity contribution in [2.75, 3.05) is 18.7 Å². The Morgan fingerprint density at radius 3 is 2.72 bits per heavy atom. The van der Waals surface area contributed by atoms with Gasteiger partial charge in [0.05, 0.1) is 29.6 Å². The van der Waals surface area contributed by atoms with E-state index in [1.54, 1.807) is 0 Å². The molecule has 3 rings (SSSR count).